The third kappa shape index (κ3) is 1.54. The van der Waals surface area contributed by atoms with Crippen LogP contribution in [0.25, 0.3) is 0 Å². The zero-order valence-electron chi connectivity index (χ0n) is 7.22. The van der Waals surface area contributed by atoms with Crippen molar-refractivity contribution in [2.75, 3.05) is 6.54 Å². The summed E-state index contributed by atoms with van der Waals surface area (Å²) in [6, 6.07) is 7.59. The lowest BCUT2D eigenvalue weighted by Gasteiger charge is -1.94. The highest BCUT2D eigenvalue weighted by molar-refractivity contribution is 6.03. The van der Waals surface area contributed by atoms with Crippen molar-refractivity contribution in [2.24, 2.45) is 0 Å². The molecule has 1 aliphatic rings. The number of aryl methyl sites for hydroxylation is 1. The van der Waals surface area contributed by atoms with Crippen LogP contribution < -0.4 is 0 Å². The van der Waals surface area contributed by atoms with Gasteiger partial charge in [-0.05, 0) is 12.5 Å². The minimum Gasteiger partial charge on any atom is -0.303 e. The Morgan fingerprint density at radius 1 is 1.23 bits per heavy atom. The van der Waals surface area contributed by atoms with E-state index < -0.39 is 6.55 Å². The first-order valence-electron chi connectivity index (χ1n) is 4.07. The Morgan fingerprint density at radius 3 is 2.31 bits per heavy atom. The van der Waals surface area contributed by atoms with Crippen LogP contribution in [-0.4, -0.2) is 16.8 Å². The Kier molecular flexibility index (Phi) is 1.79. The van der Waals surface area contributed by atoms with Gasteiger partial charge in [0.25, 0.3) is 0 Å². The fraction of sp³-hybridized carbons (Fsp3) is 0.200. The summed E-state index contributed by atoms with van der Waals surface area (Å²) >= 11 is 0. The van der Waals surface area contributed by atoms with Crippen LogP contribution in [0.3, 0.4) is 0 Å². The number of nitrogens with zero attached hydrogens (tertiary/aromatic N) is 1. The van der Waals surface area contributed by atoms with E-state index in [4.69, 9.17) is 0 Å². The van der Waals surface area contributed by atoms with Gasteiger partial charge < -0.3 is 4.58 Å². The van der Waals surface area contributed by atoms with Crippen LogP contribution in [0.2, 0.25) is 0 Å². The van der Waals surface area contributed by atoms with E-state index in [0.717, 1.165) is 15.7 Å². The van der Waals surface area contributed by atoms with Crippen molar-refractivity contribution in [2.45, 2.75) is 6.92 Å². The molecule has 2 rings (SSSR count). The van der Waals surface area contributed by atoms with Crippen molar-refractivity contribution in [1.29, 1.82) is 0 Å². The molecular weight excluding hydrogens is 172 g/mol. The molecule has 0 N–H and O–H groups in total. The third-order valence-corrected chi connectivity index (χ3v) is 2.12. The van der Waals surface area contributed by atoms with Crippen LogP contribution >= 0.6 is 0 Å². The molecule has 0 unspecified atom stereocenters. The topological polar surface area (TPSA) is 3.01 Å². The average molecular weight is 181 g/mol. The molecule has 1 aromatic rings. The normalized spacial score (nSPS) is 14.7. The van der Waals surface area contributed by atoms with Gasteiger partial charge in [0.15, 0.2) is 0 Å². The van der Waals surface area contributed by atoms with E-state index in [1.54, 1.807) is 0 Å². The Morgan fingerprint density at radius 2 is 1.85 bits per heavy atom. The molecule has 0 bridgehead atoms. The lowest BCUT2D eigenvalue weighted by molar-refractivity contribution is -0.484. The Bertz CT molecular complexity index is 352. The Labute approximate surface area is 75.3 Å². The van der Waals surface area contributed by atoms with Gasteiger partial charge in [-0.1, -0.05) is 29.8 Å². The Balaban J connectivity index is 2.25. The SMILES string of the molecule is Cc1ccc(C2=[N+]([C-](F)F)C2)cc1. The molecule has 0 aliphatic carbocycles. The summed E-state index contributed by atoms with van der Waals surface area (Å²) in [4.78, 5) is 0. The van der Waals surface area contributed by atoms with E-state index in [1.807, 2.05) is 31.2 Å². The van der Waals surface area contributed by atoms with Crippen molar-refractivity contribution in [3.63, 3.8) is 0 Å². The first-order valence-corrected chi connectivity index (χ1v) is 4.07. The van der Waals surface area contributed by atoms with Gasteiger partial charge in [-0.2, -0.15) is 0 Å². The van der Waals surface area contributed by atoms with Crippen molar-refractivity contribution in [3.05, 3.63) is 41.9 Å². The number of hydrogen-bond donors (Lipinski definition) is 0. The monoisotopic (exact) mass is 181 g/mol. The summed E-state index contributed by atoms with van der Waals surface area (Å²) in [5, 5.41) is 0. The van der Waals surface area contributed by atoms with Crippen molar-refractivity contribution >= 4 is 5.71 Å². The fourth-order valence-corrected chi connectivity index (χ4v) is 1.27. The minimum atomic E-state index is -1.62. The first kappa shape index (κ1) is 8.23. The molecule has 1 aromatic carbocycles. The van der Waals surface area contributed by atoms with Crippen LogP contribution in [0.4, 0.5) is 8.78 Å². The second-order valence-electron chi connectivity index (χ2n) is 3.14. The zero-order chi connectivity index (χ0) is 9.42. The molecule has 0 aromatic heterocycles. The van der Waals surface area contributed by atoms with E-state index in [1.165, 1.54) is 0 Å². The summed E-state index contributed by atoms with van der Waals surface area (Å²) < 4.78 is 25.1. The van der Waals surface area contributed by atoms with E-state index in [0.29, 0.717) is 12.3 Å². The second-order valence-corrected chi connectivity index (χ2v) is 3.14. The summed E-state index contributed by atoms with van der Waals surface area (Å²) in [5.74, 6) is 0. The molecule has 0 radical (unpaired) electrons. The lowest BCUT2D eigenvalue weighted by Crippen LogP contribution is -1.90. The van der Waals surface area contributed by atoms with E-state index in [9.17, 15) is 8.78 Å². The third-order valence-electron chi connectivity index (χ3n) is 2.12. The minimum absolute atomic E-state index is 0.366. The lowest BCUT2D eigenvalue weighted by atomic mass is 10.1. The van der Waals surface area contributed by atoms with E-state index in [-0.39, 0.29) is 0 Å². The van der Waals surface area contributed by atoms with Crippen LogP contribution in [0, 0.1) is 13.5 Å². The molecule has 1 nitrogen and oxygen atoms in total. The fourth-order valence-electron chi connectivity index (χ4n) is 1.27. The Hall–Kier alpha value is -1.38. The smallest absolute Gasteiger partial charge is 0.303 e. The highest BCUT2D eigenvalue weighted by atomic mass is 19.3. The second kappa shape index (κ2) is 2.83. The van der Waals surface area contributed by atoms with Gasteiger partial charge in [-0.25, -0.2) is 8.78 Å². The maximum Gasteiger partial charge on any atom is 0.367 e. The summed E-state index contributed by atoms with van der Waals surface area (Å²) in [6.45, 7) is 0.724. The van der Waals surface area contributed by atoms with E-state index in [2.05, 4.69) is 0 Å². The quantitative estimate of drug-likeness (QED) is 0.374. The highest BCUT2D eigenvalue weighted by Gasteiger charge is 2.30. The summed E-state index contributed by atoms with van der Waals surface area (Å²) in [6.07, 6.45) is 0. The van der Waals surface area contributed by atoms with Gasteiger partial charge in [-0.15, -0.1) is 0 Å². The molecule has 0 atom stereocenters. The maximum absolute atomic E-state index is 12.1. The summed E-state index contributed by atoms with van der Waals surface area (Å²) in [7, 11) is 0. The van der Waals surface area contributed by atoms with Gasteiger partial charge in [-0.3, -0.25) is 0 Å². The van der Waals surface area contributed by atoms with Gasteiger partial charge >= 0.3 is 6.55 Å². The molecule has 0 fully saturated rings. The molecule has 1 heterocycles. The van der Waals surface area contributed by atoms with Crippen LogP contribution in [0.15, 0.2) is 24.3 Å². The van der Waals surface area contributed by atoms with Crippen LogP contribution in [-0.2, 0) is 0 Å². The van der Waals surface area contributed by atoms with E-state index >= 15 is 0 Å². The molecule has 1 aliphatic heterocycles. The first-order chi connectivity index (χ1) is 6.18. The van der Waals surface area contributed by atoms with Gasteiger partial charge in [0, 0.05) is 0 Å². The molecule has 0 saturated heterocycles. The highest BCUT2D eigenvalue weighted by Crippen LogP contribution is 2.19. The van der Waals surface area contributed by atoms with Crippen LogP contribution in [0.1, 0.15) is 11.1 Å². The van der Waals surface area contributed by atoms with Crippen LogP contribution in [0.5, 0.6) is 0 Å². The maximum atomic E-state index is 12.1. The van der Waals surface area contributed by atoms with Crippen molar-refractivity contribution in [1.82, 2.24) is 0 Å². The zero-order valence-corrected chi connectivity index (χ0v) is 7.22. The predicted octanol–water partition coefficient (Wildman–Crippen LogP) is 2.20. The number of halogens is 2. The van der Waals surface area contributed by atoms with Crippen molar-refractivity contribution in [3.8, 4) is 0 Å². The number of rotatable bonds is 2. The largest absolute Gasteiger partial charge is 0.367 e. The molecule has 0 spiro atoms. The average Bonchev–Trinajstić information content (AvgIpc) is 2.85. The van der Waals surface area contributed by atoms with Gasteiger partial charge in [0.2, 0.25) is 0 Å². The molecule has 13 heavy (non-hydrogen) atoms. The number of hydrogen-bond acceptors (Lipinski definition) is 0. The van der Waals surface area contributed by atoms with Crippen molar-refractivity contribution < 1.29 is 13.4 Å². The molecule has 68 valence electrons. The number of benzene rings is 1. The molecular formula is C10H9F2N. The molecule has 3 heteroatoms. The predicted molar refractivity (Wildman–Crippen MR) is 45.9 cm³/mol. The summed E-state index contributed by atoms with van der Waals surface area (Å²) in [5.41, 5.74) is 2.74. The molecule has 0 amide bonds. The van der Waals surface area contributed by atoms with Gasteiger partial charge in [0.1, 0.15) is 12.3 Å². The molecule has 0 saturated carbocycles. The standard InChI is InChI=1S/C10H9F2N/c1-7-2-4-8(5-3-7)9-6-13(9)10(11)12/h2-5H,6H2,1H3. The van der Waals surface area contributed by atoms with Gasteiger partial charge in [0.05, 0.1) is 0 Å².